The molecule has 0 spiro atoms. The second-order valence-electron chi connectivity index (χ2n) is 6.28. The first-order valence-electron chi connectivity index (χ1n) is 8.42. The normalized spacial score (nSPS) is 13.0. The molecule has 0 bridgehead atoms. The van der Waals surface area contributed by atoms with Gasteiger partial charge in [0.25, 0.3) is 0 Å². The van der Waals surface area contributed by atoms with Gasteiger partial charge in [-0.05, 0) is 43.8 Å². The SMILES string of the molecule is CN=C(NCc1ccc(F)c(C)c1)NCC(c1ccccc1)N(C)C. The van der Waals surface area contributed by atoms with Crippen molar-refractivity contribution in [1.82, 2.24) is 15.5 Å². The third-order valence-corrected chi connectivity index (χ3v) is 4.18. The zero-order chi connectivity index (χ0) is 18.2. The predicted octanol–water partition coefficient (Wildman–Crippen LogP) is 3.10. The van der Waals surface area contributed by atoms with Gasteiger partial charge < -0.3 is 15.5 Å². The van der Waals surface area contributed by atoms with E-state index >= 15 is 0 Å². The van der Waals surface area contributed by atoms with Gasteiger partial charge in [0.15, 0.2) is 5.96 Å². The van der Waals surface area contributed by atoms with E-state index in [0.29, 0.717) is 12.1 Å². The molecule has 5 heteroatoms. The standard InChI is InChI=1S/C20H27FN4/c1-15-12-16(10-11-18(15)21)13-23-20(22-2)24-14-19(25(3)4)17-8-6-5-7-9-17/h5-12,19H,13-14H2,1-4H3,(H2,22,23,24). The van der Waals surface area contributed by atoms with Crippen LogP contribution in [-0.2, 0) is 6.54 Å². The third kappa shape index (κ3) is 5.57. The van der Waals surface area contributed by atoms with Gasteiger partial charge in [0.1, 0.15) is 5.82 Å². The van der Waals surface area contributed by atoms with Crippen molar-refractivity contribution in [1.29, 1.82) is 0 Å². The van der Waals surface area contributed by atoms with E-state index in [-0.39, 0.29) is 11.9 Å². The second kappa shape index (κ2) is 9.18. The van der Waals surface area contributed by atoms with Gasteiger partial charge >= 0.3 is 0 Å². The molecule has 1 unspecified atom stereocenters. The fourth-order valence-corrected chi connectivity index (χ4v) is 2.69. The number of likely N-dealkylation sites (N-methyl/N-ethyl adjacent to an activating group) is 1. The van der Waals surface area contributed by atoms with Gasteiger partial charge in [-0.3, -0.25) is 4.99 Å². The van der Waals surface area contributed by atoms with E-state index in [4.69, 9.17) is 0 Å². The summed E-state index contributed by atoms with van der Waals surface area (Å²) in [5.74, 6) is 0.549. The minimum atomic E-state index is -0.178. The quantitative estimate of drug-likeness (QED) is 0.626. The van der Waals surface area contributed by atoms with Crippen molar-refractivity contribution in [2.24, 2.45) is 4.99 Å². The molecule has 0 aromatic heterocycles. The molecule has 0 radical (unpaired) electrons. The van der Waals surface area contributed by atoms with Gasteiger partial charge in [-0.15, -0.1) is 0 Å². The van der Waals surface area contributed by atoms with Crippen LogP contribution in [0.3, 0.4) is 0 Å². The molecule has 2 rings (SSSR count). The maximum absolute atomic E-state index is 13.3. The Hall–Kier alpha value is -2.40. The number of benzene rings is 2. The molecule has 2 N–H and O–H groups in total. The first kappa shape index (κ1) is 18.9. The van der Waals surface area contributed by atoms with E-state index in [0.717, 1.165) is 18.1 Å². The highest BCUT2D eigenvalue weighted by Gasteiger charge is 2.14. The number of aryl methyl sites for hydroxylation is 1. The highest BCUT2D eigenvalue weighted by atomic mass is 19.1. The molecule has 4 nitrogen and oxygen atoms in total. The maximum atomic E-state index is 13.3. The lowest BCUT2D eigenvalue weighted by atomic mass is 10.1. The summed E-state index contributed by atoms with van der Waals surface area (Å²) in [5, 5.41) is 6.64. The number of hydrogen-bond acceptors (Lipinski definition) is 2. The second-order valence-corrected chi connectivity index (χ2v) is 6.28. The molecule has 0 saturated heterocycles. The number of nitrogens with zero attached hydrogens (tertiary/aromatic N) is 2. The van der Waals surface area contributed by atoms with Gasteiger partial charge in [0, 0.05) is 20.1 Å². The fourth-order valence-electron chi connectivity index (χ4n) is 2.69. The number of guanidine groups is 1. The summed E-state index contributed by atoms with van der Waals surface area (Å²) >= 11 is 0. The highest BCUT2D eigenvalue weighted by molar-refractivity contribution is 5.79. The summed E-state index contributed by atoms with van der Waals surface area (Å²) in [6.07, 6.45) is 0. The summed E-state index contributed by atoms with van der Waals surface area (Å²) in [5.41, 5.74) is 2.93. The number of nitrogens with one attached hydrogen (secondary N) is 2. The molecule has 2 aromatic rings. The number of hydrogen-bond donors (Lipinski definition) is 2. The zero-order valence-electron chi connectivity index (χ0n) is 15.4. The predicted molar refractivity (Wildman–Crippen MR) is 102 cm³/mol. The van der Waals surface area contributed by atoms with Gasteiger partial charge in [-0.1, -0.05) is 42.5 Å². The number of rotatable bonds is 6. The molecule has 0 amide bonds. The Kier molecular flexibility index (Phi) is 6.95. The van der Waals surface area contributed by atoms with Crippen molar-refractivity contribution >= 4 is 5.96 Å². The van der Waals surface area contributed by atoms with Crippen LogP contribution >= 0.6 is 0 Å². The lowest BCUT2D eigenvalue weighted by molar-refractivity contribution is 0.298. The summed E-state index contributed by atoms with van der Waals surface area (Å²) < 4.78 is 13.3. The Balaban J connectivity index is 1.93. The van der Waals surface area contributed by atoms with E-state index in [1.165, 1.54) is 11.6 Å². The van der Waals surface area contributed by atoms with Crippen molar-refractivity contribution in [3.05, 3.63) is 71.0 Å². The molecule has 1 atom stereocenters. The fraction of sp³-hybridized carbons (Fsp3) is 0.350. The minimum absolute atomic E-state index is 0.178. The lowest BCUT2D eigenvalue weighted by Crippen LogP contribution is -2.41. The van der Waals surface area contributed by atoms with Gasteiger partial charge in [0.05, 0.1) is 6.04 Å². The van der Waals surface area contributed by atoms with Crippen molar-refractivity contribution in [3.8, 4) is 0 Å². The summed E-state index contributed by atoms with van der Waals surface area (Å²) in [6.45, 7) is 3.10. The molecule has 25 heavy (non-hydrogen) atoms. The topological polar surface area (TPSA) is 39.7 Å². The Bertz CT molecular complexity index is 698. The van der Waals surface area contributed by atoms with E-state index < -0.39 is 0 Å². The van der Waals surface area contributed by atoms with Gasteiger partial charge in [0.2, 0.25) is 0 Å². The van der Waals surface area contributed by atoms with Crippen LogP contribution in [0.5, 0.6) is 0 Å². The van der Waals surface area contributed by atoms with E-state index in [9.17, 15) is 4.39 Å². The van der Waals surface area contributed by atoms with Crippen LogP contribution in [-0.4, -0.2) is 38.5 Å². The van der Waals surface area contributed by atoms with Crippen LogP contribution in [0.15, 0.2) is 53.5 Å². The largest absolute Gasteiger partial charge is 0.354 e. The summed E-state index contributed by atoms with van der Waals surface area (Å²) in [7, 11) is 5.88. The van der Waals surface area contributed by atoms with E-state index in [1.54, 1.807) is 20.0 Å². The van der Waals surface area contributed by atoms with E-state index in [2.05, 4.69) is 58.9 Å². The van der Waals surface area contributed by atoms with Gasteiger partial charge in [-0.2, -0.15) is 0 Å². The molecule has 134 valence electrons. The van der Waals surface area contributed by atoms with Gasteiger partial charge in [-0.25, -0.2) is 4.39 Å². The smallest absolute Gasteiger partial charge is 0.191 e. The van der Waals surface area contributed by atoms with Crippen LogP contribution in [0, 0.1) is 12.7 Å². The van der Waals surface area contributed by atoms with Crippen LogP contribution in [0.25, 0.3) is 0 Å². The molecule has 0 aliphatic rings. The first-order valence-corrected chi connectivity index (χ1v) is 8.42. The zero-order valence-corrected chi connectivity index (χ0v) is 15.4. The molecule has 0 aliphatic carbocycles. The molecule has 2 aromatic carbocycles. The van der Waals surface area contributed by atoms with Crippen LogP contribution in [0.1, 0.15) is 22.7 Å². The Morgan fingerprint density at radius 3 is 2.44 bits per heavy atom. The summed E-state index contributed by atoms with van der Waals surface area (Å²) in [4.78, 5) is 6.45. The maximum Gasteiger partial charge on any atom is 0.191 e. The average molecular weight is 342 g/mol. The average Bonchev–Trinajstić information content (AvgIpc) is 2.61. The molecular formula is C20H27FN4. The molecule has 0 aliphatic heterocycles. The number of halogens is 1. The monoisotopic (exact) mass is 342 g/mol. The number of aliphatic imine (C=N–C) groups is 1. The van der Waals surface area contributed by atoms with E-state index in [1.807, 2.05) is 12.1 Å². The minimum Gasteiger partial charge on any atom is -0.354 e. The molecule has 0 fully saturated rings. The Morgan fingerprint density at radius 2 is 1.84 bits per heavy atom. The van der Waals surface area contributed by atoms with Crippen LogP contribution < -0.4 is 10.6 Å². The van der Waals surface area contributed by atoms with Crippen LogP contribution in [0.4, 0.5) is 4.39 Å². The molecular weight excluding hydrogens is 315 g/mol. The lowest BCUT2D eigenvalue weighted by Gasteiger charge is -2.26. The van der Waals surface area contributed by atoms with Crippen molar-refractivity contribution in [2.45, 2.75) is 19.5 Å². The van der Waals surface area contributed by atoms with Crippen LogP contribution in [0.2, 0.25) is 0 Å². The van der Waals surface area contributed by atoms with Crippen molar-refractivity contribution < 1.29 is 4.39 Å². The third-order valence-electron chi connectivity index (χ3n) is 4.18. The first-order chi connectivity index (χ1) is 12.0. The summed E-state index contributed by atoms with van der Waals surface area (Å²) in [6, 6.07) is 15.8. The van der Waals surface area contributed by atoms with Crippen molar-refractivity contribution in [3.63, 3.8) is 0 Å². The molecule has 0 saturated carbocycles. The van der Waals surface area contributed by atoms with Crippen molar-refractivity contribution in [2.75, 3.05) is 27.7 Å². The molecule has 0 heterocycles. The Morgan fingerprint density at radius 1 is 1.12 bits per heavy atom. The Labute approximate surface area is 149 Å². The highest BCUT2D eigenvalue weighted by Crippen LogP contribution is 2.16.